The Labute approximate surface area is 127 Å². The molecule has 2 N–H and O–H groups in total. The second kappa shape index (κ2) is 4.87. The van der Waals surface area contributed by atoms with Crippen LogP contribution in [0.25, 0.3) is 21.5 Å². The van der Waals surface area contributed by atoms with Crippen molar-refractivity contribution < 1.29 is 28.9 Å². The highest BCUT2D eigenvalue weighted by Gasteiger charge is 2.23. The minimum Gasteiger partial charge on any atom is -0.480 e. The van der Waals surface area contributed by atoms with Crippen LogP contribution < -0.4 is 15.6 Å². The Morgan fingerprint density at radius 1 is 1.00 bits per heavy atom. The predicted molar refractivity (Wildman–Crippen MR) is 78.5 cm³/mol. The number of carbonyl (C=O) groups is 1. The van der Waals surface area contributed by atoms with Gasteiger partial charge in [-0.15, -0.1) is 0 Å². The molecule has 2 aromatic carbocycles. The summed E-state index contributed by atoms with van der Waals surface area (Å²) < 4.78 is 14.0. The fourth-order valence-electron chi connectivity index (χ4n) is 2.57. The van der Waals surface area contributed by atoms with E-state index in [9.17, 15) is 24.6 Å². The predicted octanol–water partition coefficient (Wildman–Crippen LogP) is 1.61. The van der Waals surface area contributed by atoms with Gasteiger partial charge in [0.15, 0.2) is 10.9 Å². The van der Waals surface area contributed by atoms with E-state index in [-0.39, 0.29) is 27.3 Å². The maximum atomic E-state index is 12.2. The van der Waals surface area contributed by atoms with Crippen LogP contribution in [0.4, 0.5) is 4.79 Å². The Morgan fingerprint density at radius 2 is 1.57 bits per heavy atom. The lowest BCUT2D eigenvalue weighted by molar-refractivity contribution is 0.122. The molecule has 0 spiro atoms. The second-order valence-electron chi connectivity index (χ2n) is 4.83. The largest absolute Gasteiger partial charge is 0.513 e. The van der Waals surface area contributed by atoms with E-state index in [1.54, 1.807) is 6.92 Å². The number of ether oxygens (including phenoxy) is 2. The number of rotatable bonds is 1. The van der Waals surface area contributed by atoms with Gasteiger partial charge in [-0.25, -0.2) is 4.79 Å². The lowest BCUT2D eigenvalue weighted by atomic mass is 9.97. The third-order valence-corrected chi connectivity index (χ3v) is 3.47. The number of aromatic hydroxyl groups is 2. The molecule has 0 saturated heterocycles. The van der Waals surface area contributed by atoms with Gasteiger partial charge in [0.05, 0.1) is 7.11 Å². The van der Waals surface area contributed by atoms with Crippen molar-refractivity contribution in [1.82, 2.24) is 0 Å². The van der Waals surface area contributed by atoms with Gasteiger partial charge in [0.25, 0.3) is 11.9 Å². The van der Waals surface area contributed by atoms with Crippen molar-refractivity contribution >= 4 is 27.7 Å². The maximum Gasteiger partial charge on any atom is 0.513 e. The van der Waals surface area contributed by atoms with Crippen LogP contribution in [0, 0.1) is 6.92 Å². The van der Waals surface area contributed by atoms with Crippen LogP contribution in [-0.4, -0.2) is 23.5 Å². The summed E-state index contributed by atoms with van der Waals surface area (Å²) in [6.45, 7) is 1.56. The van der Waals surface area contributed by atoms with Gasteiger partial charge < -0.3 is 24.1 Å². The molecule has 3 rings (SSSR count). The molecular weight excluding hydrogens is 308 g/mol. The molecule has 8 heteroatoms. The molecule has 0 bridgehead atoms. The Balaban J connectivity index is 2.62. The number of carbonyl (C=O) groups excluding carboxylic acids is 1. The molecule has 1 aromatic heterocycles. The molecular formula is C15H10O8. The van der Waals surface area contributed by atoms with E-state index in [0.717, 1.165) is 13.2 Å². The average molecular weight is 318 g/mol. The number of aryl methyl sites for hydroxylation is 1. The van der Waals surface area contributed by atoms with Crippen molar-refractivity contribution in [1.29, 1.82) is 0 Å². The van der Waals surface area contributed by atoms with Crippen LogP contribution in [0.2, 0.25) is 0 Å². The van der Waals surface area contributed by atoms with Crippen LogP contribution in [-0.2, 0) is 4.74 Å². The van der Waals surface area contributed by atoms with Crippen molar-refractivity contribution in [3.8, 4) is 17.6 Å². The van der Waals surface area contributed by atoms with Gasteiger partial charge in [0, 0.05) is 16.8 Å². The lowest BCUT2D eigenvalue weighted by Crippen LogP contribution is -2.13. The first kappa shape index (κ1) is 14.6. The maximum absolute atomic E-state index is 12.2. The lowest BCUT2D eigenvalue weighted by Gasteiger charge is -2.12. The third-order valence-electron chi connectivity index (χ3n) is 3.47. The summed E-state index contributed by atoms with van der Waals surface area (Å²) in [6.07, 6.45) is -1.06. The Morgan fingerprint density at radius 3 is 2.13 bits per heavy atom. The minimum absolute atomic E-state index is 0.0392. The summed E-state index contributed by atoms with van der Waals surface area (Å²) in [4.78, 5) is 35.7. The molecule has 0 aliphatic heterocycles. The highest BCUT2D eigenvalue weighted by atomic mass is 16.7. The average Bonchev–Trinajstić information content (AvgIpc) is 2.45. The molecule has 0 atom stereocenters. The highest BCUT2D eigenvalue weighted by Crippen LogP contribution is 2.39. The first-order valence-electron chi connectivity index (χ1n) is 6.39. The van der Waals surface area contributed by atoms with Gasteiger partial charge in [-0.1, -0.05) is 0 Å². The van der Waals surface area contributed by atoms with Crippen LogP contribution in [0.1, 0.15) is 5.56 Å². The molecule has 0 unspecified atom stereocenters. The van der Waals surface area contributed by atoms with Crippen molar-refractivity contribution in [2.24, 2.45) is 0 Å². The van der Waals surface area contributed by atoms with Crippen molar-refractivity contribution in [2.45, 2.75) is 6.92 Å². The smallest absolute Gasteiger partial charge is 0.480 e. The molecule has 23 heavy (non-hydrogen) atoms. The molecule has 118 valence electrons. The SMILES string of the molecule is COC(=O)Oc1cc(=O)c2c(O)oc(O)c3c(=O)cc(C)c1c32. The number of benzene rings is 2. The topological polar surface area (TPSA) is 123 Å². The molecule has 0 aliphatic carbocycles. The summed E-state index contributed by atoms with van der Waals surface area (Å²) >= 11 is 0. The van der Waals surface area contributed by atoms with Crippen LogP contribution in [0.5, 0.6) is 17.6 Å². The number of hydrogen-bond acceptors (Lipinski definition) is 8. The number of hydrogen-bond donors (Lipinski definition) is 2. The van der Waals surface area contributed by atoms with Gasteiger partial charge >= 0.3 is 6.16 Å². The Kier molecular flexibility index (Phi) is 3.10. The van der Waals surface area contributed by atoms with E-state index in [4.69, 9.17) is 4.74 Å². The van der Waals surface area contributed by atoms with Gasteiger partial charge in [0.1, 0.15) is 16.5 Å². The van der Waals surface area contributed by atoms with E-state index in [0.29, 0.717) is 5.56 Å². The first-order chi connectivity index (χ1) is 10.8. The van der Waals surface area contributed by atoms with Crippen molar-refractivity contribution in [3.63, 3.8) is 0 Å². The summed E-state index contributed by atoms with van der Waals surface area (Å²) in [7, 11) is 1.10. The fraction of sp³-hybridized carbons (Fsp3) is 0.133. The molecule has 0 amide bonds. The van der Waals surface area contributed by atoms with E-state index >= 15 is 0 Å². The fourth-order valence-corrected chi connectivity index (χ4v) is 2.57. The molecule has 0 radical (unpaired) electrons. The molecule has 1 heterocycles. The van der Waals surface area contributed by atoms with E-state index in [1.807, 2.05) is 0 Å². The molecule has 0 saturated carbocycles. The van der Waals surface area contributed by atoms with Crippen LogP contribution >= 0.6 is 0 Å². The molecule has 0 aliphatic rings. The van der Waals surface area contributed by atoms with Crippen LogP contribution in [0.15, 0.2) is 26.1 Å². The summed E-state index contributed by atoms with van der Waals surface area (Å²) in [5.74, 6) is -1.82. The minimum atomic E-state index is -1.06. The zero-order valence-electron chi connectivity index (χ0n) is 12.0. The summed E-state index contributed by atoms with van der Waals surface area (Å²) in [5, 5.41) is 19.2. The summed E-state index contributed by atoms with van der Waals surface area (Å²) in [5.41, 5.74) is -0.958. The van der Waals surface area contributed by atoms with Gasteiger partial charge in [0.2, 0.25) is 0 Å². The van der Waals surface area contributed by atoms with E-state index in [2.05, 4.69) is 9.15 Å². The zero-order valence-corrected chi connectivity index (χ0v) is 12.0. The second-order valence-corrected chi connectivity index (χ2v) is 4.83. The van der Waals surface area contributed by atoms with Crippen LogP contribution in [0.3, 0.4) is 0 Å². The molecule has 3 aromatic rings. The third kappa shape index (κ3) is 2.03. The monoisotopic (exact) mass is 318 g/mol. The first-order valence-corrected chi connectivity index (χ1v) is 6.39. The van der Waals surface area contributed by atoms with Crippen molar-refractivity contribution in [3.05, 3.63) is 38.1 Å². The molecule has 8 nitrogen and oxygen atoms in total. The van der Waals surface area contributed by atoms with Gasteiger partial charge in [-0.2, -0.15) is 0 Å². The quantitative estimate of drug-likeness (QED) is 0.512. The highest BCUT2D eigenvalue weighted by molar-refractivity contribution is 6.15. The Bertz CT molecular complexity index is 1040. The zero-order chi connectivity index (χ0) is 16.9. The van der Waals surface area contributed by atoms with E-state index < -0.39 is 28.9 Å². The Hall–Kier alpha value is -3.29. The van der Waals surface area contributed by atoms with Gasteiger partial charge in [-0.3, -0.25) is 9.59 Å². The van der Waals surface area contributed by atoms with Gasteiger partial charge in [-0.05, 0) is 18.6 Å². The number of methoxy groups -OCH3 is 1. The van der Waals surface area contributed by atoms with E-state index in [1.165, 1.54) is 6.07 Å². The standard InChI is InChI=1S/C15H10O8/c1-5-3-6(16)10-12-9(5)8(22-15(20)21-2)4-7(17)11(12)14(19)23-13(10)18/h3-4,18-19H,1-2H3. The van der Waals surface area contributed by atoms with Crippen molar-refractivity contribution in [2.75, 3.05) is 7.11 Å². The normalized spacial score (nSPS) is 11.0. The molecule has 0 fully saturated rings. The summed E-state index contributed by atoms with van der Waals surface area (Å²) in [6, 6.07) is 2.16.